The first kappa shape index (κ1) is 18.9. The lowest BCUT2D eigenvalue weighted by Gasteiger charge is -2.05. The standard InChI is InChI=1S/C26H16N4O3/c31-25-20-11-5-6-12-21(20)26(32)30(25)27-15-18-16-29(19-9-2-1-3-10-19)28-24(18)23-14-17-8-4-7-13-22(17)33-23/h1-16H/b27-15+. The maximum atomic E-state index is 12.7. The van der Waals surface area contributed by atoms with E-state index in [2.05, 4.69) is 5.10 Å². The third-order valence-electron chi connectivity index (χ3n) is 5.51. The van der Waals surface area contributed by atoms with E-state index >= 15 is 0 Å². The number of carbonyl (C=O) groups is 2. The van der Waals surface area contributed by atoms with Crippen LogP contribution in [0.1, 0.15) is 26.3 Å². The van der Waals surface area contributed by atoms with Crippen LogP contribution in [0.3, 0.4) is 0 Å². The Hall–Kier alpha value is -4.78. The minimum absolute atomic E-state index is 0.345. The van der Waals surface area contributed by atoms with E-state index in [4.69, 9.17) is 9.52 Å². The fourth-order valence-corrected chi connectivity index (χ4v) is 3.89. The average Bonchev–Trinajstić information content (AvgIpc) is 3.54. The summed E-state index contributed by atoms with van der Waals surface area (Å²) in [5.41, 5.74) is 3.44. The number of furan rings is 1. The molecule has 0 atom stereocenters. The normalized spacial score (nSPS) is 13.4. The van der Waals surface area contributed by atoms with Crippen molar-refractivity contribution < 1.29 is 14.0 Å². The van der Waals surface area contributed by atoms with Gasteiger partial charge in [0.1, 0.15) is 11.3 Å². The molecule has 2 aromatic heterocycles. The lowest BCUT2D eigenvalue weighted by Crippen LogP contribution is -2.24. The summed E-state index contributed by atoms with van der Waals surface area (Å²) in [6.07, 6.45) is 3.26. The zero-order valence-corrected chi connectivity index (χ0v) is 17.3. The Balaban J connectivity index is 1.44. The van der Waals surface area contributed by atoms with Gasteiger partial charge >= 0.3 is 0 Å². The van der Waals surface area contributed by atoms with Gasteiger partial charge in [-0.2, -0.15) is 15.2 Å². The van der Waals surface area contributed by atoms with Gasteiger partial charge in [0.2, 0.25) is 0 Å². The lowest BCUT2D eigenvalue weighted by molar-refractivity contribution is 0.0660. The summed E-state index contributed by atoms with van der Waals surface area (Å²) in [6, 6.07) is 25.9. The van der Waals surface area contributed by atoms with Crippen LogP contribution in [0.25, 0.3) is 28.1 Å². The molecule has 0 fully saturated rings. The van der Waals surface area contributed by atoms with Crippen LogP contribution in [-0.2, 0) is 0 Å². The second-order valence-electron chi connectivity index (χ2n) is 7.57. The maximum absolute atomic E-state index is 12.7. The van der Waals surface area contributed by atoms with Gasteiger partial charge in [-0.3, -0.25) is 9.59 Å². The summed E-state index contributed by atoms with van der Waals surface area (Å²) in [5.74, 6) is -0.338. The molecule has 0 radical (unpaired) electrons. The van der Waals surface area contributed by atoms with Crippen LogP contribution in [0.5, 0.6) is 0 Å². The highest BCUT2D eigenvalue weighted by Crippen LogP contribution is 2.30. The summed E-state index contributed by atoms with van der Waals surface area (Å²) in [6.45, 7) is 0. The number of fused-ring (bicyclic) bond motifs is 2. The molecule has 158 valence electrons. The molecule has 7 nitrogen and oxygen atoms in total. The first-order chi connectivity index (χ1) is 16.2. The summed E-state index contributed by atoms with van der Waals surface area (Å²) in [7, 11) is 0. The van der Waals surface area contributed by atoms with E-state index in [1.165, 1.54) is 6.21 Å². The van der Waals surface area contributed by atoms with Crippen LogP contribution in [0.4, 0.5) is 0 Å². The molecule has 0 saturated heterocycles. The second-order valence-corrected chi connectivity index (χ2v) is 7.57. The highest BCUT2D eigenvalue weighted by molar-refractivity contribution is 6.21. The van der Waals surface area contributed by atoms with Crippen LogP contribution in [0.15, 0.2) is 101 Å². The van der Waals surface area contributed by atoms with Crippen LogP contribution in [0.2, 0.25) is 0 Å². The minimum atomic E-state index is -0.451. The van der Waals surface area contributed by atoms with Gasteiger partial charge in [0.05, 0.1) is 23.0 Å². The number of para-hydroxylation sites is 2. The Morgan fingerprint density at radius 1 is 0.818 bits per heavy atom. The van der Waals surface area contributed by atoms with Gasteiger partial charge in [-0.25, -0.2) is 4.68 Å². The van der Waals surface area contributed by atoms with Crippen LogP contribution in [-0.4, -0.2) is 32.8 Å². The van der Waals surface area contributed by atoms with Gasteiger partial charge in [0, 0.05) is 17.1 Å². The highest BCUT2D eigenvalue weighted by atomic mass is 16.3. The third-order valence-corrected chi connectivity index (χ3v) is 5.51. The fraction of sp³-hybridized carbons (Fsp3) is 0. The fourth-order valence-electron chi connectivity index (χ4n) is 3.89. The minimum Gasteiger partial charge on any atom is -0.454 e. The molecule has 2 amide bonds. The molecule has 3 heterocycles. The van der Waals surface area contributed by atoms with Crippen molar-refractivity contribution in [3.63, 3.8) is 0 Å². The summed E-state index contributed by atoms with van der Waals surface area (Å²) < 4.78 is 7.74. The van der Waals surface area contributed by atoms with Crippen molar-refractivity contribution in [2.24, 2.45) is 5.10 Å². The Morgan fingerprint density at radius 3 is 2.21 bits per heavy atom. The molecule has 1 aliphatic rings. The van der Waals surface area contributed by atoms with Crippen molar-refractivity contribution in [2.75, 3.05) is 0 Å². The smallest absolute Gasteiger partial charge is 0.282 e. The number of hydrogen-bond donors (Lipinski definition) is 0. The van der Waals surface area contributed by atoms with E-state index in [0.717, 1.165) is 21.7 Å². The molecule has 0 spiro atoms. The van der Waals surface area contributed by atoms with Crippen LogP contribution < -0.4 is 0 Å². The van der Waals surface area contributed by atoms with Crippen molar-refractivity contribution in [1.82, 2.24) is 14.8 Å². The zero-order valence-electron chi connectivity index (χ0n) is 17.3. The van der Waals surface area contributed by atoms with Gasteiger partial charge in [-0.05, 0) is 36.4 Å². The molecule has 7 heteroatoms. The Bertz CT molecular complexity index is 1500. The number of nitrogens with zero attached hydrogens (tertiary/aromatic N) is 4. The maximum Gasteiger partial charge on any atom is 0.282 e. The summed E-state index contributed by atoms with van der Waals surface area (Å²) >= 11 is 0. The van der Waals surface area contributed by atoms with Gasteiger partial charge in [0.25, 0.3) is 11.8 Å². The topological polar surface area (TPSA) is 80.7 Å². The van der Waals surface area contributed by atoms with Crippen molar-refractivity contribution in [2.45, 2.75) is 0 Å². The van der Waals surface area contributed by atoms with Gasteiger partial charge in [-0.1, -0.05) is 48.5 Å². The molecule has 0 unspecified atom stereocenters. The average molecular weight is 432 g/mol. The van der Waals surface area contributed by atoms with E-state index in [1.807, 2.05) is 60.7 Å². The molecule has 1 aliphatic heterocycles. The van der Waals surface area contributed by atoms with E-state index in [0.29, 0.717) is 28.1 Å². The SMILES string of the molecule is O=C1c2ccccc2C(=O)N1/N=C/c1cn(-c2ccccc2)nc1-c1cc2ccccc2o1. The molecule has 0 N–H and O–H groups in total. The zero-order chi connectivity index (χ0) is 22.4. The van der Waals surface area contributed by atoms with E-state index in [1.54, 1.807) is 35.1 Å². The number of carbonyl (C=O) groups excluding carboxylic acids is 2. The third kappa shape index (κ3) is 3.14. The largest absolute Gasteiger partial charge is 0.454 e. The monoisotopic (exact) mass is 432 g/mol. The molecule has 3 aromatic carbocycles. The first-order valence-corrected chi connectivity index (χ1v) is 10.3. The lowest BCUT2D eigenvalue weighted by atomic mass is 10.1. The predicted molar refractivity (Wildman–Crippen MR) is 123 cm³/mol. The Labute approximate surface area is 188 Å². The molecule has 5 aromatic rings. The number of aromatic nitrogens is 2. The number of benzene rings is 3. The molecule has 0 bridgehead atoms. The van der Waals surface area contributed by atoms with Crippen LogP contribution >= 0.6 is 0 Å². The van der Waals surface area contributed by atoms with Crippen molar-refractivity contribution in [3.05, 3.63) is 108 Å². The van der Waals surface area contributed by atoms with Crippen molar-refractivity contribution >= 4 is 29.0 Å². The molecule has 0 saturated carbocycles. The molecular formula is C26H16N4O3. The number of amides is 2. The van der Waals surface area contributed by atoms with E-state index in [9.17, 15) is 9.59 Å². The van der Waals surface area contributed by atoms with E-state index < -0.39 is 11.8 Å². The second kappa shape index (κ2) is 7.42. The Morgan fingerprint density at radius 2 is 1.48 bits per heavy atom. The quantitative estimate of drug-likeness (QED) is 0.298. The number of hydrazone groups is 1. The molecule has 0 aliphatic carbocycles. The van der Waals surface area contributed by atoms with E-state index in [-0.39, 0.29) is 0 Å². The summed E-state index contributed by atoms with van der Waals surface area (Å²) in [5, 5.41) is 10.8. The van der Waals surface area contributed by atoms with Gasteiger partial charge in [-0.15, -0.1) is 0 Å². The summed E-state index contributed by atoms with van der Waals surface area (Å²) in [4.78, 5) is 25.4. The predicted octanol–water partition coefficient (Wildman–Crippen LogP) is 4.92. The number of rotatable bonds is 4. The molecular weight excluding hydrogens is 416 g/mol. The number of imide groups is 1. The highest BCUT2D eigenvalue weighted by Gasteiger charge is 2.35. The Kier molecular flexibility index (Phi) is 4.26. The van der Waals surface area contributed by atoms with Gasteiger partial charge in [0.15, 0.2) is 5.76 Å². The van der Waals surface area contributed by atoms with Crippen molar-refractivity contribution in [3.8, 4) is 17.1 Å². The molecule has 6 rings (SSSR count). The number of hydrogen-bond acceptors (Lipinski definition) is 5. The molecule has 33 heavy (non-hydrogen) atoms. The van der Waals surface area contributed by atoms with Gasteiger partial charge < -0.3 is 4.42 Å². The van der Waals surface area contributed by atoms with Crippen molar-refractivity contribution in [1.29, 1.82) is 0 Å². The van der Waals surface area contributed by atoms with Crippen LogP contribution in [0, 0.1) is 0 Å². The first-order valence-electron chi connectivity index (χ1n) is 10.3.